The lowest BCUT2D eigenvalue weighted by molar-refractivity contribution is -0.141. The first-order valence-corrected chi connectivity index (χ1v) is 3.37. The van der Waals surface area contributed by atoms with Gasteiger partial charge in [0.15, 0.2) is 5.78 Å². The summed E-state index contributed by atoms with van der Waals surface area (Å²) >= 11 is 0. The Hall–Kier alpha value is -1.45. The molecule has 0 aromatic heterocycles. The smallest absolute Gasteiger partial charge is 0.318 e. The summed E-state index contributed by atoms with van der Waals surface area (Å²) in [7, 11) is 0. The van der Waals surface area contributed by atoms with Crippen LogP contribution in [0.5, 0.6) is 0 Å². The van der Waals surface area contributed by atoms with E-state index in [1.54, 1.807) is 0 Å². The lowest BCUT2D eigenvalue weighted by Crippen LogP contribution is -2.11. The minimum absolute atomic E-state index is 0.216. The Morgan fingerprint density at radius 1 is 1.33 bits per heavy atom. The van der Waals surface area contributed by atoms with Crippen LogP contribution >= 0.6 is 0 Å². The first-order chi connectivity index (χ1) is 5.56. The van der Waals surface area contributed by atoms with Crippen molar-refractivity contribution in [2.24, 2.45) is 0 Å². The van der Waals surface area contributed by atoms with Crippen LogP contribution < -0.4 is 0 Å². The van der Waals surface area contributed by atoms with E-state index in [1.807, 2.05) is 0 Å². The van der Waals surface area contributed by atoms with Crippen molar-refractivity contribution in [2.75, 3.05) is 0 Å². The molecule has 4 nitrogen and oxygen atoms in total. The predicted octanol–water partition coefficient (Wildman–Crippen LogP) is 0.611. The Morgan fingerprint density at radius 3 is 2.33 bits per heavy atom. The van der Waals surface area contributed by atoms with E-state index in [0.717, 1.165) is 6.26 Å². The highest BCUT2D eigenvalue weighted by Gasteiger charge is 2.11. The zero-order chi connectivity index (χ0) is 9.56. The number of esters is 1. The number of hydrogen-bond donors (Lipinski definition) is 0. The second kappa shape index (κ2) is 5.23. The number of hydrogen-bond acceptors (Lipinski definition) is 4. The molecule has 0 aliphatic rings. The van der Waals surface area contributed by atoms with Gasteiger partial charge in [0, 0.05) is 0 Å². The Bertz CT molecular complexity index is 217. The van der Waals surface area contributed by atoms with Gasteiger partial charge in [0.1, 0.15) is 12.2 Å². The maximum absolute atomic E-state index is 10.8. The number of Topliss-reactive ketones (excluding diaryl/α,β-unsaturated/α-hetero) is 2. The summed E-state index contributed by atoms with van der Waals surface area (Å²) in [5.74, 6) is -1.38. The molecule has 66 valence electrons. The molecule has 0 N–H and O–H groups in total. The summed E-state index contributed by atoms with van der Waals surface area (Å²) in [4.78, 5) is 31.8. The van der Waals surface area contributed by atoms with Crippen LogP contribution in [0, 0.1) is 0 Å². The molecule has 0 bridgehead atoms. The summed E-state index contributed by atoms with van der Waals surface area (Å²) in [6, 6.07) is 0. The molecule has 0 saturated heterocycles. The molecular formula is C8H10O4. The molecule has 12 heavy (non-hydrogen) atoms. The van der Waals surface area contributed by atoms with Crippen LogP contribution in [-0.4, -0.2) is 17.5 Å². The maximum atomic E-state index is 10.8. The van der Waals surface area contributed by atoms with Crippen LogP contribution in [0.25, 0.3) is 0 Å². The largest absolute Gasteiger partial charge is 0.435 e. The zero-order valence-corrected chi connectivity index (χ0v) is 6.83. The van der Waals surface area contributed by atoms with Gasteiger partial charge in [-0.3, -0.25) is 14.4 Å². The van der Waals surface area contributed by atoms with Crippen molar-refractivity contribution >= 4 is 17.5 Å². The summed E-state index contributed by atoms with van der Waals surface area (Å²) in [6.45, 7) is 4.44. The third-order valence-electron chi connectivity index (χ3n) is 1.00. The number of carbonyl (C=O) groups excluding carboxylic acids is 3. The molecule has 0 heterocycles. The Balaban J connectivity index is 3.76. The predicted molar refractivity (Wildman–Crippen MR) is 41.2 cm³/mol. The van der Waals surface area contributed by atoms with Crippen molar-refractivity contribution in [1.82, 2.24) is 0 Å². The second-order valence-corrected chi connectivity index (χ2v) is 2.25. The highest BCUT2D eigenvalue weighted by atomic mass is 16.5. The van der Waals surface area contributed by atoms with Gasteiger partial charge in [0.25, 0.3) is 0 Å². The average Bonchev–Trinajstić information content (AvgIpc) is 1.84. The summed E-state index contributed by atoms with van der Waals surface area (Å²) in [6.07, 6.45) is 0.362. The van der Waals surface area contributed by atoms with Crippen molar-refractivity contribution in [1.29, 1.82) is 0 Å². The first kappa shape index (κ1) is 10.6. The van der Waals surface area contributed by atoms with E-state index in [4.69, 9.17) is 0 Å². The van der Waals surface area contributed by atoms with E-state index in [0.29, 0.717) is 0 Å². The van der Waals surface area contributed by atoms with Gasteiger partial charge in [0.05, 0.1) is 12.7 Å². The van der Waals surface area contributed by atoms with Crippen LogP contribution in [0.1, 0.15) is 19.8 Å². The van der Waals surface area contributed by atoms with E-state index in [1.165, 1.54) is 6.92 Å². The molecule has 0 aliphatic carbocycles. The third kappa shape index (κ3) is 5.34. The standard InChI is InChI=1S/C8H10O4/c1-3-12-8(11)5-7(10)4-6(2)9/h3H,1,4-5H2,2H3. The molecule has 0 spiro atoms. The lowest BCUT2D eigenvalue weighted by Gasteiger charge is -1.96. The Labute approximate surface area is 70.2 Å². The molecule has 0 atom stereocenters. The van der Waals surface area contributed by atoms with Crippen LogP contribution in [0.2, 0.25) is 0 Å². The fourth-order valence-electron chi connectivity index (χ4n) is 0.636. The molecule has 0 aromatic carbocycles. The van der Waals surface area contributed by atoms with E-state index in [9.17, 15) is 14.4 Å². The normalized spacial score (nSPS) is 8.75. The Kier molecular flexibility index (Phi) is 4.60. The van der Waals surface area contributed by atoms with Gasteiger partial charge in [-0.05, 0) is 6.92 Å². The molecule has 0 unspecified atom stereocenters. The van der Waals surface area contributed by atoms with Gasteiger partial charge in [0.2, 0.25) is 0 Å². The van der Waals surface area contributed by atoms with Gasteiger partial charge < -0.3 is 4.74 Å². The fourth-order valence-corrected chi connectivity index (χ4v) is 0.636. The van der Waals surface area contributed by atoms with Crippen LogP contribution in [0.3, 0.4) is 0 Å². The Morgan fingerprint density at radius 2 is 1.92 bits per heavy atom. The summed E-state index contributed by atoms with van der Waals surface area (Å²) in [5, 5.41) is 0. The molecule has 4 heteroatoms. The average molecular weight is 170 g/mol. The number of ketones is 2. The highest BCUT2D eigenvalue weighted by molar-refractivity contribution is 6.04. The molecule has 0 amide bonds. The van der Waals surface area contributed by atoms with Crippen LogP contribution in [0.4, 0.5) is 0 Å². The molecule has 0 radical (unpaired) electrons. The minimum Gasteiger partial charge on any atom is -0.435 e. The first-order valence-electron chi connectivity index (χ1n) is 3.37. The van der Waals surface area contributed by atoms with Crippen molar-refractivity contribution in [3.05, 3.63) is 12.8 Å². The van der Waals surface area contributed by atoms with E-state index >= 15 is 0 Å². The van der Waals surface area contributed by atoms with Gasteiger partial charge in [-0.25, -0.2) is 0 Å². The van der Waals surface area contributed by atoms with Crippen molar-refractivity contribution < 1.29 is 19.1 Å². The maximum Gasteiger partial charge on any atom is 0.318 e. The second-order valence-electron chi connectivity index (χ2n) is 2.25. The van der Waals surface area contributed by atoms with Gasteiger partial charge in [-0.15, -0.1) is 0 Å². The zero-order valence-electron chi connectivity index (χ0n) is 6.83. The molecule has 0 rings (SSSR count). The van der Waals surface area contributed by atoms with Crippen LogP contribution in [0.15, 0.2) is 12.8 Å². The molecular weight excluding hydrogens is 160 g/mol. The highest BCUT2D eigenvalue weighted by Crippen LogP contribution is 1.94. The molecule has 0 saturated carbocycles. The van der Waals surface area contributed by atoms with Crippen LogP contribution in [-0.2, 0) is 19.1 Å². The molecule has 0 aromatic rings. The molecule has 0 aliphatic heterocycles. The number of ether oxygens (including phenoxy) is 1. The van der Waals surface area contributed by atoms with Gasteiger partial charge in [-0.1, -0.05) is 6.58 Å². The molecule has 0 fully saturated rings. The van der Waals surface area contributed by atoms with Gasteiger partial charge >= 0.3 is 5.97 Å². The van der Waals surface area contributed by atoms with E-state index in [2.05, 4.69) is 11.3 Å². The monoisotopic (exact) mass is 170 g/mol. The third-order valence-corrected chi connectivity index (χ3v) is 1.00. The van der Waals surface area contributed by atoms with E-state index in [-0.39, 0.29) is 18.6 Å². The topological polar surface area (TPSA) is 60.4 Å². The van der Waals surface area contributed by atoms with Crippen molar-refractivity contribution in [2.45, 2.75) is 19.8 Å². The lowest BCUT2D eigenvalue weighted by atomic mass is 10.2. The summed E-state index contributed by atoms with van der Waals surface area (Å²) in [5.41, 5.74) is 0. The minimum atomic E-state index is -0.684. The van der Waals surface area contributed by atoms with Gasteiger partial charge in [-0.2, -0.15) is 0 Å². The van der Waals surface area contributed by atoms with E-state index < -0.39 is 11.8 Å². The van der Waals surface area contributed by atoms with Crippen molar-refractivity contribution in [3.63, 3.8) is 0 Å². The summed E-state index contributed by atoms with van der Waals surface area (Å²) < 4.78 is 4.29. The quantitative estimate of drug-likeness (QED) is 0.344. The fraction of sp³-hybridized carbons (Fsp3) is 0.375. The number of rotatable bonds is 5. The SMILES string of the molecule is C=COC(=O)CC(=O)CC(C)=O. The number of carbonyl (C=O) groups is 3. The van der Waals surface area contributed by atoms with Crippen molar-refractivity contribution in [3.8, 4) is 0 Å².